The van der Waals surface area contributed by atoms with Gasteiger partial charge in [-0.25, -0.2) is 0 Å². The number of H-pyrrole nitrogens is 1. The van der Waals surface area contributed by atoms with E-state index in [0.29, 0.717) is 6.54 Å². The molecule has 0 aliphatic rings. The van der Waals surface area contributed by atoms with Gasteiger partial charge in [-0.3, -0.25) is 9.89 Å². The molecule has 0 aliphatic heterocycles. The van der Waals surface area contributed by atoms with Gasteiger partial charge in [-0.2, -0.15) is 5.10 Å². The Kier molecular flexibility index (Phi) is 3.30. The van der Waals surface area contributed by atoms with E-state index in [1.54, 1.807) is 16.8 Å². The van der Waals surface area contributed by atoms with E-state index in [1.807, 2.05) is 44.3 Å². The monoisotopic (exact) mass is 320 g/mol. The van der Waals surface area contributed by atoms with Crippen LogP contribution in [-0.2, 0) is 6.54 Å². The molecule has 0 unspecified atom stereocenters. The molecule has 0 saturated carbocycles. The summed E-state index contributed by atoms with van der Waals surface area (Å²) >= 11 is 0. The van der Waals surface area contributed by atoms with Crippen LogP contribution in [0.3, 0.4) is 0 Å². The van der Waals surface area contributed by atoms with Crippen molar-refractivity contribution in [1.82, 2.24) is 19.9 Å². The largest absolute Gasteiger partial charge is 0.361 e. The Bertz CT molecular complexity index is 1070. The van der Waals surface area contributed by atoms with Crippen molar-refractivity contribution in [3.63, 3.8) is 0 Å². The third-order valence-corrected chi connectivity index (χ3v) is 4.16. The Labute approximate surface area is 137 Å². The number of rotatable bonds is 3. The zero-order chi connectivity index (χ0) is 16.7. The first-order chi connectivity index (χ1) is 11.6. The van der Waals surface area contributed by atoms with Crippen molar-refractivity contribution in [3.05, 3.63) is 70.1 Å². The third-order valence-electron chi connectivity index (χ3n) is 4.16. The summed E-state index contributed by atoms with van der Waals surface area (Å²) in [6, 6.07) is 9.40. The molecule has 6 nitrogen and oxygen atoms in total. The summed E-state index contributed by atoms with van der Waals surface area (Å²) in [6.07, 6.45) is 3.64. The van der Waals surface area contributed by atoms with Crippen LogP contribution in [0.2, 0.25) is 0 Å². The summed E-state index contributed by atoms with van der Waals surface area (Å²) < 4.78 is 6.93. The second kappa shape index (κ2) is 5.49. The molecule has 1 aromatic carbocycles. The number of aryl methyl sites for hydroxylation is 2. The molecule has 0 atom stereocenters. The summed E-state index contributed by atoms with van der Waals surface area (Å²) in [5, 5.41) is 12.0. The van der Waals surface area contributed by atoms with Crippen molar-refractivity contribution in [1.29, 1.82) is 0 Å². The fraction of sp³-hybridized carbons (Fsp3) is 0.167. The fourth-order valence-electron chi connectivity index (χ4n) is 2.99. The molecule has 0 aliphatic carbocycles. The van der Waals surface area contributed by atoms with E-state index in [0.717, 1.165) is 39.0 Å². The molecule has 0 amide bonds. The van der Waals surface area contributed by atoms with E-state index in [9.17, 15) is 4.79 Å². The third kappa shape index (κ3) is 2.42. The smallest absolute Gasteiger partial charge is 0.250 e. The SMILES string of the molecule is Cc1noc(C)c1-c1ccc(=O)n(Cc2ccc3[nH]ncc3c2)c1. The Morgan fingerprint density at radius 2 is 2.08 bits per heavy atom. The molecule has 0 bridgehead atoms. The maximum Gasteiger partial charge on any atom is 0.250 e. The lowest BCUT2D eigenvalue weighted by atomic mass is 10.1. The molecule has 120 valence electrons. The number of pyridine rings is 1. The van der Waals surface area contributed by atoms with E-state index in [4.69, 9.17) is 4.52 Å². The first-order valence-electron chi connectivity index (χ1n) is 7.67. The van der Waals surface area contributed by atoms with Gasteiger partial charge in [0.1, 0.15) is 5.76 Å². The van der Waals surface area contributed by atoms with Crippen molar-refractivity contribution < 1.29 is 4.52 Å². The molecular weight excluding hydrogens is 304 g/mol. The second-order valence-corrected chi connectivity index (χ2v) is 5.87. The standard InChI is InChI=1S/C18H16N4O2/c1-11-18(12(2)24-21-11)14-4-6-17(23)22(10-14)9-13-3-5-16-15(7-13)8-19-20-16/h3-8,10H,9H2,1-2H3,(H,19,20). The van der Waals surface area contributed by atoms with Crippen molar-refractivity contribution in [2.75, 3.05) is 0 Å². The number of aromatic nitrogens is 4. The molecule has 0 spiro atoms. The summed E-state index contributed by atoms with van der Waals surface area (Å²) in [4.78, 5) is 12.2. The predicted molar refractivity (Wildman–Crippen MR) is 90.9 cm³/mol. The van der Waals surface area contributed by atoms with E-state index in [-0.39, 0.29) is 5.56 Å². The van der Waals surface area contributed by atoms with Gasteiger partial charge in [0.05, 0.1) is 24.0 Å². The average molecular weight is 320 g/mol. The number of aromatic amines is 1. The van der Waals surface area contributed by atoms with E-state index in [1.165, 1.54) is 0 Å². The maximum atomic E-state index is 12.2. The Balaban J connectivity index is 1.75. The molecule has 24 heavy (non-hydrogen) atoms. The lowest BCUT2D eigenvalue weighted by Crippen LogP contribution is -2.19. The van der Waals surface area contributed by atoms with Crippen LogP contribution in [-0.4, -0.2) is 19.9 Å². The highest BCUT2D eigenvalue weighted by molar-refractivity contribution is 5.78. The van der Waals surface area contributed by atoms with Gasteiger partial charge in [-0.1, -0.05) is 11.2 Å². The molecular formula is C18H16N4O2. The average Bonchev–Trinajstić information content (AvgIpc) is 3.16. The van der Waals surface area contributed by atoms with Crippen LogP contribution in [0.1, 0.15) is 17.0 Å². The molecule has 6 heteroatoms. The van der Waals surface area contributed by atoms with E-state index in [2.05, 4.69) is 15.4 Å². The van der Waals surface area contributed by atoms with Crippen LogP contribution in [0.15, 0.2) is 52.0 Å². The van der Waals surface area contributed by atoms with Crippen LogP contribution >= 0.6 is 0 Å². The Morgan fingerprint density at radius 3 is 2.88 bits per heavy atom. The summed E-state index contributed by atoms with van der Waals surface area (Å²) in [5.74, 6) is 0.748. The molecule has 0 saturated heterocycles. The lowest BCUT2D eigenvalue weighted by molar-refractivity contribution is 0.393. The van der Waals surface area contributed by atoms with Gasteiger partial charge in [0.2, 0.25) is 0 Å². The minimum absolute atomic E-state index is 0.0437. The van der Waals surface area contributed by atoms with Crippen LogP contribution in [0, 0.1) is 13.8 Å². The van der Waals surface area contributed by atoms with Gasteiger partial charge in [-0.05, 0) is 37.6 Å². The van der Waals surface area contributed by atoms with E-state index < -0.39 is 0 Å². The van der Waals surface area contributed by atoms with Gasteiger partial charge < -0.3 is 9.09 Å². The molecule has 0 fully saturated rings. The predicted octanol–water partition coefficient (Wildman–Crippen LogP) is 3.04. The molecule has 3 heterocycles. The number of nitrogens with one attached hydrogen (secondary N) is 1. The molecule has 4 rings (SSSR count). The van der Waals surface area contributed by atoms with Crippen molar-refractivity contribution in [2.24, 2.45) is 0 Å². The van der Waals surface area contributed by atoms with Crippen molar-refractivity contribution in [3.8, 4) is 11.1 Å². The van der Waals surface area contributed by atoms with Crippen LogP contribution in [0.5, 0.6) is 0 Å². The van der Waals surface area contributed by atoms with Crippen molar-refractivity contribution >= 4 is 10.9 Å². The highest BCUT2D eigenvalue weighted by Crippen LogP contribution is 2.26. The Hall–Kier alpha value is -3.15. The molecule has 3 aromatic heterocycles. The number of benzene rings is 1. The second-order valence-electron chi connectivity index (χ2n) is 5.87. The highest BCUT2D eigenvalue weighted by atomic mass is 16.5. The first-order valence-corrected chi connectivity index (χ1v) is 7.67. The number of fused-ring (bicyclic) bond motifs is 1. The number of nitrogens with zero attached hydrogens (tertiary/aromatic N) is 3. The maximum absolute atomic E-state index is 12.2. The van der Waals surface area contributed by atoms with Crippen LogP contribution < -0.4 is 5.56 Å². The summed E-state index contributed by atoms with van der Waals surface area (Å²) in [7, 11) is 0. The van der Waals surface area contributed by atoms with Gasteiger partial charge in [0, 0.05) is 28.8 Å². The normalized spacial score (nSPS) is 11.2. The minimum atomic E-state index is -0.0437. The van der Waals surface area contributed by atoms with Gasteiger partial charge in [-0.15, -0.1) is 0 Å². The van der Waals surface area contributed by atoms with Crippen LogP contribution in [0.25, 0.3) is 22.0 Å². The van der Waals surface area contributed by atoms with Crippen molar-refractivity contribution in [2.45, 2.75) is 20.4 Å². The molecule has 1 N–H and O–H groups in total. The zero-order valence-electron chi connectivity index (χ0n) is 13.4. The molecule has 4 aromatic rings. The summed E-state index contributed by atoms with van der Waals surface area (Å²) in [6.45, 7) is 4.27. The van der Waals surface area contributed by atoms with E-state index >= 15 is 0 Å². The number of hydrogen-bond donors (Lipinski definition) is 1. The number of hydrogen-bond acceptors (Lipinski definition) is 4. The topological polar surface area (TPSA) is 76.7 Å². The quantitative estimate of drug-likeness (QED) is 0.629. The van der Waals surface area contributed by atoms with Gasteiger partial charge in [0.15, 0.2) is 0 Å². The zero-order valence-corrected chi connectivity index (χ0v) is 13.4. The minimum Gasteiger partial charge on any atom is -0.361 e. The van der Waals surface area contributed by atoms with Crippen LogP contribution in [0.4, 0.5) is 0 Å². The van der Waals surface area contributed by atoms with Gasteiger partial charge in [0.25, 0.3) is 5.56 Å². The molecule has 0 radical (unpaired) electrons. The first kappa shape index (κ1) is 14.4. The van der Waals surface area contributed by atoms with Gasteiger partial charge >= 0.3 is 0 Å². The fourth-order valence-corrected chi connectivity index (χ4v) is 2.99. The highest BCUT2D eigenvalue weighted by Gasteiger charge is 2.12. The lowest BCUT2D eigenvalue weighted by Gasteiger charge is -2.09. The summed E-state index contributed by atoms with van der Waals surface area (Å²) in [5.41, 5.74) is 4.66. The Morgan fingerprint density at radius 1 is 1.21 bits per heavy atom.